The van der Waals surface area contributed by atoms with E-state index in [0.717, 1.165) is 12.0 Å². The van der Waals surface area contributed by atoms with Gasteiger partial charge in [0.1, 0.15) is 6.04 Å². The first kappa shape index (κ1) is 11.1. The molecule has 1 aromatic carbocycles. The lowest BCUT2D eigenvalue weighted by molar-refractivity contribution is -0.139. The van der Waals surface area contributed by atoms with Gasteiger partial charge in [0.2, 0.25) is 0 Å². The highest BCUT2D eigenvalue weighted by atomic mass is 16.5. The van der Waals surface area contributed by atoms with Crippen LogP contribution in [0.2, 0.25) is 0 Å². The minimum atomic E-state index is -0.980. The number of hydrogen-bond acceptors (Lipinski definition) is 3. The van der Waals surface area contributed by atoms with Gasteiger partial charge in [-0.3, -0.25) is 4.79 Å². The summed E-state index contributed by atoms with van der Waals surface area (Å²) >= 11 is 0. The monoisotopic (exact) mass is 221 g/mol. The van der Waals surface area contributed by atoms with Crippen molar-refractivity contribution >= 4 is 5.97 Å². The zero-order valence-corrected chi connectivity index (χ0v) is 8.93. The van der Waals surface area contributed by atoms with Crippen molar-refractivity contribution in [1.82, 2.24) is 0 Å². The van der Waals surface area contributed by atoms with E-state index in [1.54, 1.807) is 0 Å². The molecule has 0 spiro atoms. The van der Waals surface area contributed by atoms with E-state index in [4.69, 9.17) is 15.6 Å². The van der Waals surface area contributed by atoms with Crippen LogP contribution < -0.4 is 5.73 Å². The van der Waals surface area contributed by atoms with Crippen LogP contribution >= 0.6 is 0 Å². The first-order valence-electron chi connectivity index (χ1n) is 5.36. The minimum Gasteiger partial charge on any atom is -0.480 e. The van der Waals surface area contributed by atoms with Gasteiger partial charge in [0.25, 0.3) is 0 Å². The van der Waals surface area contributed by atoms with Crippen LogP contribution in [0.4, 0.5) is 0 Å². The van der Waals surface area contributed by atoms with E-state index >= 15 is 0 Å². The molecule has 0 aliphatic carbocycles. The van der Waals surface area contributed by atoms with Crippen molar-refractivity contribution in [3.05, 3.63) is 35.4 Å². The van der Waals surface area contributed by atoms with Crippen molar-refractivity contribution in [2.75, 3.05) is 6.61 Å². The number of hydrogen-bond donors (Lipinski definition) is 2. The average Bonchev–Trinajstić information content (AvgIpc) is 2.29. The zero-order valence-electron chi connectivity index (χ0n) is 8.93. The fraction of sp³-hybridized carbons (Fsp3) is 0.417. The van der Waals surface area contributed by atoms with Crippen molar-refractivity contribution in [3.63, 3.8) is 0 Å². The lowest BCUT2D eigenvalue weighted by Crippen LogP contribution is -2.33. The molecule has 4 nitrogen and oxygen atoms in total. The maximum absolute atomic E-state index is 10.7. The van der Waals surface area contributed by atoms with Gasteiger partial charge in [-0.25, -0.2) is 0 Å². The van der Waals surface area contributed by atoms with E-state index in [1.807, 2.05) is 18.2 Å². The van der Waals surface area contributed by atoms with Crippen molar-refractivity contribution < 1.29 is 14.6 Å². The van der Waals surface area contributed by atoms with Gasteiger partial charge in [0, 0.05) is 6.42 Å². The Morgan fingerprint density at radius 1 is 1.56 bits per heavy atom. The Morgan fingerprint density at radius 3 is 3.06 bits per heavy atom. The maximum atomic E-state index is 10.7. The third-order valence-electron chi connectivity index (χ3n) is 2.88. The molecule has 1 aliphatic heterocycles. The molecule has 1 aromatic rings. The van der Waals surface area contributed by atoms with E-state index in [1.165, 1.54) is 5.56 Å². The van der Waals surface area contributed by atoms with Crippen LogP contribution in [-0.4, -0.2) is 23.7 Å². The number of carboxylic acids is 1. The summed E-state index contributed by atoms with van der Waals surface area (Å²) < 4.78 is 5.58. The van der Waals surface area contributed by atoms with Crippen LogP contribution in [0, 0.1) is 0 Å². The van der Waals surface area contributed by atoms with E-state index in [9.17, 15) is 4.79 Å². The summed E-state index contributed by atoms with van der Waals surface area (Å²) in [5, 5.41) is 8.78. The van der Waals surface area contributed by atoms with Gasteiger partial charge in [-0.05, 0) is 17.5 Å². The molecule has 0 radical (unpaired) electrons. The first-order valence-corrected chi connectivity index (χ1v) is 5.36. The van der Waals surface area contributed by atoms with Crippen LogP contribution in [0.5, 0.6) is 0 Å². The van der Waals surface area contributed by atoms with Crippen LogP contribution in [0.3, 0.4) is 0 Å². The Bertz CT molecular complexity index is 392. The summed E-state index contributed by atoms with van der Waals surface area (Å²) in [6, 6.07) is 7.09. The molecule has 0 saturated carbocycles. The Kier molecular flexibility index (Phi) is 3.22. The van der Waals surface area contributed by atoms with Crippen LogP contribution in [0.15, 0.2) is 24.3 Å². The molecule has 1 heterocycles. The number of aliphatic carboxylic acids is 1. The molecule has 1 aliphatic rings. The van der Waals surface area contributed by atoms with Gasteiger partial charge in [-0.2, -0.15) is 0 Å². The zero-order chi connectivity index (χ0) is 11.5. The number of carbonyl (C=O) groups is 1. The number of rotatable bonds is 3. The summed E-state index contributed by atoms with van der Waals surface area (Å²) in [6.45, 7) is 0.633. The fourth-order valence-corrected chi connectivity index (χ4v) is 2.00. The second kappa shape index (κ2) is 4.63. The second-order valence-electron chi connectivity index (χ2n) is 3.99. The molecule has 0 amide bonds. The van der Waals surface area contributed by atoms with Gasteiger partial charge < -0.3 is 15.6 Å². The number of carboxylic acid groups (broad SMARTS) is 1. The SMILES string of the molecule is N[C@@H](CC1OCCc2ccccc21)C(=O)O. The van der Waals surface area contributed by atoms with E-state index < -0.39 is 12.0 Å². The summed E-state index contributed by atoms with van der Waals surface area (Å²) in [7, 11) is 0. The molecule has 1 unspecified atom stereocenters. The maximum Gasteiger partial charge on any atom is 0.320 e. The molecule has 0 bridgehead atoms. The molecular formula is C12H15NO3. The Morgan fingerprint density at radius 2 is 2.31 bits per heavy atom. The summed E-state index contributed by atoms with van der Waals surface area (Å²) in [5.41, 5.74) is 7.83. The van der Waals surface area contributed by atoms with Crippen molar-refractivity contribution in [3.8, 4) is 0 Å². The average molecular weight is 221 g/mol. The summed E-state index contributed by atoms with van der Waals surface area (Å²) in [5.74, 6) is -0.980. The molecule has 3 N–H and O–H groups in total. The van der Waals surface area contributed by atoms with Crippen molar-refractivity contribution in [1.29, 1.82) is 0 Å². The largest absolute Gasteiger partial charge is 0.480 e. The normalized spacial score (nSPS) is 21.2. The van der Waals surface area contributed by atoms with Crippen molar-refractivity contribution in [2.45, 2.75) is 25.0 Å². The minimum absolute atomic E-state index is 0.184. The Hall–Kier alpha value is -1.39. The number of nitrogens with two attached hydrogens (primary N) is 1. The molecule has 2 rings (SSSR count). The van der Waals surface area contributed by atoms with Gasteiger partial charge in [-0.1, -0.05) is 24.3 Å². The van der Waals surface area contributed by atoms with Gasteiger partial charge in [-0.15, -0.1) is 0 Å². The highest BCUT2D eigenvalue weighted by molar-refractivity contribution is 5.73. The molecule has 0 fully saturated rings. The molecule has 2 atom stereocenters. The van der Waals surface area contributed by atoms with Gasteiger partial charge in [0.15, 0.2) is 0 Å². The third kappa shape index (κ3) is 2.23. The quantitative estimate of drug-likeness (QED) is 0.801. The molecule has 0 aromatic heterocycles. The smallest absolute Gasteiger partial charge is 0.320 e. The molecule has 86 valence electrons. The lowest BCUT2D eigenvalue weighted by Gasteiger charge is -2.27. The van der Waals surface area contributed by atoms with Crippen LogP contribution in [0.1, 0.15) is 23.7 Å². The highest BCUT2D eigenvalue weighted by Crippen LogP contribution is 2.29. The van der Waals surface area contributed by atoms with Crippen LogP contribution in [0.25, 0.3) is 0 Å². The molecule has 16 heavy (non-hydrogen) atoms. The molecule has 4 heteroatoms. The van der Waals surface area contributed by atoms with Crippen molar-refractivity contribution in [2.24, 2.45) is 5.73 Å². The number of ether oxygens (including phenoxy) is 1. The fourth-order valence-electron chi connectivity index (χ4n) is 2.00. The molecular weight excluding hydrogens is 206 g/mol. The lowest BCUT2D eigenvalue weighted by atomic mass is 9.94. The summed E-state index contributed by atoms with van der Waals surface area (Å²) in [4.78, 5) is 10.7. The standard InChI is InChI=1S/C12H15NO3/c13-10(12(14)15)7-11-9-4-2-1-3-8(9)5-6-16-11/h1-4,10-11H,5-7,13H2,(H,14,15)/t10-,11?/m0/s1. The Balaban J connectivity index is 2.16. The molecule has 0 saturated heterocycles. The highest BCUT2D eigenvalue weighted by Gasteiger charge is 2.25. The topological polar surface area (TPSA) is 72.5 Å². The van der Waals surface area contributed by atoms with Gasteiger partial charge >= 0.3 is 5.97 Å². The van der Waals surface area contributed by atoms with E-state index in [-0.39, 0.29) is 6.10 Å². The predicted molar refractivity (Wildman–Crippen MR) is 59.1 cm³/mol. The van der Waals surface area contributed by atoms with E-state index in [0.29, 0.717) is 13.0 Å². The third-order valence-corrected chi connectivity index (χ3v) is 2.88. The number of benzene rings is 1. The second-order valence-corrected chi connectivity index (χ2v) is 3.99. The van der Waals surface area contributed by atoms with Gasteiger partial charge in [0.05, 0.1) is 12.7 Å². The first-order chi connectivity index (χ1) is 7.68. The predicted octanol–water partition coefficient (Wildman–Crippen LogP) is 1.10. The Labute approximate surface area is 94.0 Å². The van der Waals surface area contributed by atoms with E-state index in [2.05, 4.69) is 6.07 Å². The summed E-state index contributed by atoms with van der Waals surface area (Å²) in [6.07, 6.45) is 1.03. The number of fused-ring (bicyclic) bond motifs is 1. The van der Waals surface area contributed by atoms with Crippen LogP contribution in [-0.2, 0) is 16.0 Å².